The summed E-state index contributed by atoms with van der Waals surface area (Å²) >= 11 is 6.16. The summed E-state index contributed by atoms with van der Waals surface area (Å²) in [5.74, 6) is 1.12. The number of amides is 1. The van der Waals surface area contributed by atoms with Crippen molar-refractivity contribution >= 4 is 17.5 Å². The zero-order valence-electron chi connectivity index (χ0n) is 12.4. The molecule has 22 heavy (non-hydrogen) atoms. The number of halogens is 1. The lowest BCUT2D eigenvalue weighted by Crippen LogP contribution is -2.53. The summed E-state index contributed by atoms with van der Waals surface area (Å²) in [5, 5.41) is 0.437. The summed E-state index contributed by atoms with van der Waals surface area (Å²) in [4.78, 5) is 17.1. The molecular formula is C16H19ClN2O3. The minimum atomic E-state index is 0.0217. The highest BCUT2D eigenvalue weighted by atomic mass is 35.5. The number of benzene rings is 1. The first kappa shape index (κ1) is 14.2. The molecule has 118 valence electrons. The molecule has 2 aliphatic heterocycles. The fourth-order valence-corrected chi connectivity index (χ4v) is 3.58. The molecule has 1 aromatic rings. The summed E-state index contributed by atoms with van der Waals surface area (Å²) in [5.41, 5.74) is 0.575. The number of piperazine rings is 1. The van der Waals surface area contributed by atoms with Crippen LogP contribution >= 0.6 is 11.6 Å². The minimum Gasteiger partial charge on any atom is -0.454 e. The first-order valence-corrected chi connectivity index (χ1v) is 8.22. The average Bonchev–Trinajstić information content (AvgIpc) is 2.94. The molecule has 1 amide bonds. The highest BCUT2D eigenvalue weighted by Gasteiger charge is 2.30. The molecule has 0 spiro atoms. The van der Waals surface area contributed by atoms with Crippen molar-refractivity contribution in [2.24, 2.45) is 0 Å². The first-order valence-electron chi connectivity index (χ1n) is 7.85. The Bertz CT molecular complexity index is 595. The zero-order valence-corrected chi connectivity index (χ0v) is 13.1. The SMILES string of the molecule is O=C(c1cc(Cl)c2c(c1)OCO2)N1CCN(C2CCC2)CC1. The first-order chi connectivity index (χ1) is 10.7. The van der Waals surface area contributed by atoms with E-state index in [2.05, 4.69) is 4.90 Å². The minimum absolute atomic E-state index is 0.0217. The third kappa shape index (κ3) is 2.42. The van der Waals surface area contributed by atoms with Crippen molar-refractivity contribution in [3.8, 4) is 11.5 Å². The third-order valence-electron chi connectivity index (χ3n) is 4.87. The van der Waals surface area contributed by atoms with Gasteiger partial charge >= 0.3 is 0 Å². The van der Waals surface area contributed by atoms with E-state index in [1.807, 2.05) is 4.90 Å². The van der Waals surface area contributed by atoms with Gasteiger partial charge in [0.2, 0.25) is 6.79 Å². The third-order valence-corrected chi connectivity index (χ3v) is 5.15. The van der Waals surface area contributed by atoms with E-state index in [1.165, 1.54) is 19.3 Å². The van der Waals surface area contributed by atoms with Gasteiger partial charge < -0.3 is 14.4 Å². The fourth-order valence-electron chi connectivity index (χ4n) is 3.32. The lowest BCUT2D eigenvalue weighted by atomic mass is 9.91. The van der Waals surface area contributed by atoms with Gasteiger partial charge in [0.05, 0.1) is 5.02 Å². The molecule has 6 heteroatoms. The normalized spacial score (nSPS) is 21.8. The molecule has 0 radical (unpaired) electrons. The molecule has 1 aliphatic carbocycles. The van der Waals surface area contributed by atoms with E-state index in [1.54, 1.807) is 12.1 Å². The van der Waals surface area contributed by atoms with Crippen LogP contribution in [0.1, 0.15) is 29.6 Å². The van der Waals surface area contributed by atoms with E-state index >= 15 is 0 Å². The van der Waals surface area contributed by atoms with E-state index in [0.717, 1.165) is 32.2 Å². The monoisotopic (exact) mass is 322 g/mol. The molecule has 0 N–H and O–H groups in total. The summed E-state index contributed by atoms with van der Waals surface area (Å²) in [6.07, 6.45) is 3.97. The van der Waals surface area contributed by atoms with Crippen LogP contribution in [-0.4, -0.2) is 54.7 Å². The number of hydrogen-bond donors (Lipinski definition) is 0. The highest BCUT2D eigenvalue weighted by Crippen LogP contribution is 2.40. The average molecular weight is 323 g/mol. The van der Waals surface area contributed by atoms with Crippen LogP contribution in [0.5, 0.6) is 11.5 Å². The Kier molecular flexibility index (Phi) is 3.62. The van der Waals surface area contributed by atoms with Gasteiger partial charge in [0.1, 0.15) is 0 Å². The summed E-state index contributed by atoms with van der Waals surface area (Å²) in [7, 11) is 0. The van der Waals surface area contributed by atoms with E-state index in [0.29, 0.717) is 22.1 Å². The van der Waals surface area contributed by atoms with E-state index in [-0.39, 0.29) is 12.7 Å². The second-order valence-electron chi connectivity index (χ2n) is 6.10. The molecule has 1 saturated carbocycles. The second kappa shape index (κ2) is 5.63. The Balaban J connectivity index is 1.45. The largest absolute Gasteiger partial charge is 0.454 e. The maximum absolute atomic E-state index is 12.7. The Hall–Kier alpha value is -1.46. The summed E-state index contributed by atoms with van der Waals surface area (Å²) in [6, 6.07) is 4.15. The van der Waals surface area contributed by atoms with Crippen LogP contribution in [-0.2, 0) is 0 Å². The number of rotatable bonds is 2. The second-order valence-corrected chi connectivity index (χ2v) is 6.51. The number of fused-ring (bicyclic) bond motifs is 1. The van der Waals surface area contributed by atoms with E-state index in [4.69, 9.17) is 21.1 Å². The number of ether oxygens (including phenoxy) is 2. The molecule has 2 fully saturated rings. The Labute approximate surface area is 134 Å². The molecule has 3 aliphatic rings. The van der Waals surface area contributed by atoms with Crippen LogP contribution in [0.2, 0.25) is 5.02 Å². The van der Waals surface area contributed by atoms with Crippen molar-refractivity contribution in [2.45, 2.75) is 25.3 Å². The van der Waals surface area contributed by atoms with Crippen LogP contribution in [0.25, 0.3) is 0 Å². The number of carbonyl (C=O) groups is 1. The van der Waals surface area contributed by atoms with Gasteiger partial charge in [-0.1, -0.05) is 18.0 Å². The molecule has 0 bridgehead atoms. The van der Waals surface area contributed by atoms with Crippen LogP contribution < -0.4 is 9.47 Å². The van der Waals surface area contributed by atoms with Crippen molar-refractivity contribution in [1.82, 2.24) is 9.80 Å². The maximum Gasteiger partial charge on any atom is 0.254 e. The number of nitrogens with zero attached hydrogens (tertiary/aromatic N) is 2. The van der Waals surface area contributed by atoms with E-state index < -0.39 is 0 Å². The van der Waals surface area contributed by atoms with Gasteiger partial charge in [0, 0.05) is 37.8 Å². The van der Waals surface area contributed by atoms with Crippen molar-refractivity contribution in [1.29, 1.82) is 0 Å². The predicted octanol–water partition coefficient (Wildman–Crippen LogP) is 2.38. The topological polar surface area (TPSA) is 42.0 Å². The van der Waals surface area contributed by atoms with Gasteiger partial charge in [-0.2, -0.15) is 0 Å². The van der Waals surface area contributed by atoms with Crippen LogP contribution in [0, 0.1) is 0 Å². The molecule has 5 nitrogen and oxygen atoms in total. The molecular weight excluding hydrogens is 304 g/mol. The van der Waals surface area contributed by atoms with Gasteiger partial charge in [-0.3, -0.25) is 9.69 Å². The standard InChI is InChI=1S/C16H19ClN2O3/c17-13-8-11(9-14-15(13)22-10-21-14)16(20)19-6-4-18(5-7-19)12-2-1-3-12/h8-9,12H,1-7,10H2. The van der Waals surface area contributed by atoms with Crippen LogP contribution in [0.3, 0.4) is 0 Å². The lowest BCUT2D eigenvalue weighted by molar-refractivity contribution is 0.0455. The Morgan fingerprint density at radius 1 is 1.14 bits per heavy atom. The summed E-state index contributed by atoms with van der Waals surface area (Å²) in [6.45, 7) is 3.65. The molecule has 1 aromatic carbocycles. The zero-order chi connectivity index (χ0) is 15.1. The van der Waals surface area contributed by atoms with Gasteiger partial charge in [0.15, 0.2) is 11.5 Å². The van der Waals surface area contributed by atoms with Gasteiger partial charge in [0.25, 0.3) is 5.91 Å². The quantitative estimate of drug-likeness (QED) is 0.838. The lowest BCUT2D eigenvalue weighted by Gasteiger charge is -2.42. The van der Waals surface area contributed by atoms with Gasteiger partial charge in [-0.05, 0) is 25.0 Å². The molecule has 1 saturated heterocycles. The summed E-state index contributed by atoms with van der Waals surface area (Å²) < 4.78 is 10.6. The molecule has 4 rings (SSSR count). The molecule has 2 heterocycles. The Morgan fingerprint density at radius 2 is 1.91 bits per heavy atom. The Morgan fingerprint density at radius 3 is 2.59 bits per heavy atom. The highest BCUT2D eigenvalue weighted by molar-refractivity contribution is 6.32. The number of carbonyl (C=O) groups excluding carboxylic acids is 1. The smallest absolute Gasteiger partial charge is 0.254 e. The van der Waals surface area contributed by atoms with Crippen molar-refractivity contribution in [3.63, 3.8) is 0 Å². The maximum atomic E-state index is 12.7. The van der Waals surface area contributed by atoms with Gasteiger partial charge in [-0.15, -0.1) is 0 Å². The van der Waals surface area contributed by atoms with Gasteiger partial charge in [-0.25, -0.2) is 0 Å². The van der Waals surface area contributed by atoms with Crippen LogP contribution in [0.15, 0.2) is 12.1 Å². The van der Waals surface area contributed by atoms with Crippen molar-refractivity contribution in [2.75, 3.05) is 33.0 Å². The molecule has 0 unspecified atom stereocenters. The van der Waals surface area contributed by atoms with Crippen LogP contribution in [0.4, 0.5) is 0 Å². The number of hydrogen-bond acceptors (Lipinski definition) is 4. The van der Waals surface area contributed by atoms with E-state index in [9.17, 15) is 4.79 Å². The molecule has 0 aromatic heterocycles. The van der Waals surface area contributed by atoms with Crippen molar-refractivity contribution < 1.29 is 14.3 Å². The fraction of sp³-hybridized carbons (Fsp3) is 0.562. The molecule has 0 atom stereocenters. The van der Waals surface area contributed by atoms with Crippen molar-refractivity contribution in [3.05, 3.63) is 22.7 Å². The predicted molar refractivity (Wildman–Crippen MR) is 82.7 cm³/mol.